The van der Waals surface area contributed by atoms with Crippen molar-refractivity contribution >= 4 is 5.91 Å². The Morgan fingerprint density at radius 3 is 3.00 bits per heavy atom. The van der Waals surface area contributed by atoms with Crippen molar-refractivity contribution in [3.63, 3.8) is 0 Å². The summed E-state index contributed by atoms with van der Waals surface area (Å²) in [5.74, 6) is 2.61. The van der Waals surface area contributed by atoms with Crippen LogP contribution in [-0.4, -0.2) is 31.0 Å². The van der Waals surface area contributed by atoms with Gasteiger partial charge in [0, 0.05) is 13.0 Å². The minimum Gasteiger partial charge on any atom is -0.497 e. The second-order valence-electron chi connectivity index (χ2n) is 7.13. The smallest absolute Gasteiger partial charge is 0.223 e. The average molecular weight is 300 g/mol. The van der Waals surface area contributed by atoms with Crippen LogP contribution in [0.25, 0.3) is 0 Å². The van der Waals surface area contributed by atoms with Crippen LogP contribution in [0.5, 0.6) is 5.75 Å². The summed E-state index contributed by atoms with van der Waals surface area (Å²) < 4.78 is 5.38. The molecule has 0 aromatic heterocycles. The lowest BCUT2D eigenvalue weighted by molar-refractivity contribution is -0.132. The van der Waals surface area contributed by atoms with Gasteiger partial charge in [0.05, 0.1) is 12.6 Å². The lowest BCUT2D eigenvalue weighted by Crippen LogP contribution is -2.49. The molecule has 0 unspecified atom stereocenters. The zero-order chi connectivity index (χ0) is 15.5. The molecule has 3 aliphatic rings. The number of carbonyl (C=O) groups is 1. The second-order valence-corrected chi connectivity index (χ2v) is 7.13. The lowest BCUT2D eigenvalue weighted by Gasteiger charge is -2.44. The highest BCUT2D eigenvalue weighted by Gasteiger charge is 2.62. The van der Waals surface area contributed by atoms with Crippen LogP contribution in [0.3, 0.4) is 0 Å². The van der Waals surface area contributed by atoms with Gasteiger partial charge in [-0.15, -0.1) is 0 Å². The van der Waals surface area contributed by atoms with Crippen LogP contribution in [0.4, 0.5) is 0 Å². The molecule has 4 rings (SSSR count). The van der Waals surface area contributed by atoms with Crippen molar-refractivity contribution in [1.29, 1.82) is 0 Å². The van der Waals surface area contributed by atoms with Crippen LogP contribution in [0, 0.1) is 17.8 Å². The number of rotatable bonds is 2. The first kappa shape index (κ1) is 14.1. The molecule has 1 aromatic rings. The Morgan fingerprint density at radius 2 is 2.27 bits per heavy atom. The summed E-state index contributed by atoms with van der Waals surface area (Å²) in [5.41, 5.74) is 8.64. The molecule has 4 atom stereocenters. The first-order valence-corrected chi connectivity index (χ1v) is 8.29. The molecular formula is C18H24N2O2. The van der Waals surface area contributed by atoms with E-state index < -0.39 is 0 Å². The summed E-state index contributed by atoms with van der Waals surface area (Å²) >= 11 is 0. The molecule has 1 saturated heterocycles. The molecule has 22 heavy (non-hydrogen) atoms. The molecule has 4 heteroatoms. The number of nitrogens with zero attached hydrogens (tertiary/aromatic N) is 1. The van der Waals surface area contributed by atoms with Gasteiger partial charge in [-0.3, -0.25) is 4.79 Å². The van der Waals surface area contributed by atoms with E-state index in [-0.39, 0.29) is 5.54 Å². The molecule has 1 aromatic carbocycles. The van der Waals surface area contributed by atoms with E-state index in [9.17, 15) is 4.79 Å². The predicted molar refractivity (Wildman–Crippen MR) is 84.5 cm³/mol. The topological polar surface area (TPSA) is 55.6 Å². The van der Waals surface area contributed by atoms with E-state index >= 15 is 0 Å². The quantitative estimate of drug-likeness (QED) is 0.908. The molecular weight excluding hydrogens is 276 g/mol. The SMILES string of the molecule is COc1ccc2c(c1)CCN1C(=O)C[C@H]3[C@H](CN)[C@@H](C)C[C@]231. The number of hydrogen-bond acceptors (Lipinski definition) is 3. The van der Waals surface area contributed by atoms with Gasteiger partial charge in [-0.2, -0.15) is 0 Å². The summed E-state index contributed by atoms with van der Waals surface area (Å²) in [6.45, 7) is 3.81. The minimum absolute atomic E-state index is 0.111. The molecule has 118 valence electrons. The molecule has 0 bridgehead atoms. The van der Waals surface area contributed by atoms with Gasteiger partial charge in [-0.1, -0.05) is 13.0 Å². The van der Waals surface area contributed by atoms with Crippen molar-refractivity contribution in [2.45, 2.75) is 31.7 Å². The van der Waals surface area contributed by atoms with Gasteiger partial charge < -0.3 is 15.4 Å². The Balaban J connectivity index is 1.88. The third kappa shape index (κ3) is 1.59. The van der Waals surface area contributed by atoms with Crippen molar-refractivity contribution < 1.29 is 9.53 Å². The molecule has 1 saturated carbocycles. The second kappa shape index (κ2) is 4.72. The third-order valence-corrected chi connectivity index (χ3v) is 6.33. The number of benzene rings is 1. The number of ether oxygens (including phenoxy) is 1. The van der Waals surface area contributed by atoms with Crippen molar-refractivity contribution in [2.24, 2.45) is 23.5 Å². The highest BCUT2D eigenvalue weighted by molar-refractivity contribution is 5.82. The van der Waals surface area contributed by atoms with Gasteiger partial charge in [0.1, 0.15) is 5.75 Å². The van der Waals surface area contributed by atoms with E-state index in [1.165, 1.54) is 11.1 Å². The highest BCUT2D eigenvalue weighted by atomic mass is 16.5. The van der Waals surface area contributed by atoms with Gasteiger partial charge in [0.2, 0.25) is 5.91 Å². The fraction of sp³-hybridized carbons (Fsp3) is 0.611. The van der Waals surface area contributed by atoms with E-state index in [4.69, 9.17) is 10.5 Å². The molecule has 4 nitrogen and oxygen atoms in total. The fourth-order valence-electron chi connectivity index (χ4n) is 5.43. The van der Waals surface area contributed by atoms with E-state index in [1.807, 2.05) is 6.07 Å². The molecule has 1 aliphatic carbocycles. The Labute approximate surface area is 131 Å². The van der Waals surface area contributed by atoms with Crippen LogP contribution in [0.2, 0.25) is 0 Å². The highest BCUT2D eigenvalue weighted by Crippen LogP contribution is 2.60. The minimum atomic E-state index is -0.111. The number of methoxy groups -OCH3 is 1. The Morgan fingerprint density at radius 1 is 1.45 bits per heavy atom. The molecule has 1 amide bonds. The van der Waals surface area contributed by atoms with Gasteiger partial charge in [0.25, 0.3) is 0 Å². The number of hydrogen-bond donors (Lipinski definition) is 1. The van der Waals surface area contributed by atoms with Crippen LogP contribution >= 0.6 is 0 Å². The molecule has 2 fully saturated rings. The van der Waals surface area contributed by atoms with Crippen LogP contribution in [-0.2, 0) is 16.8 Å². The van der Waals surface area contributed by atoms with E-state index in [2.05, 4.69) is 24.0 Å². The zero-order valence-corrected chi connectivity index (χ0v) is 13.3. The van der Waals surface area contributed by atoms with Gasteiger partial charge in [-0.05, 0) is 60.4 Å². The van der Waals surface area contributed by atoms with Gasteiger partial charge in [-0.25, -0.2) is 0 Å². The first-order valence-electron chi connectivity index (χ1n) is 8.29. The van der Waals surface area contributed by atoms with Gasteiger partial charge >= 0.3 is 0 Å². The summed E-state index contributed by atoms with van der Waals surface area (Å²) in [6.07, 6.45) is 2.64. The largest absolute Gasteiger partial charge is 0.497 e. The van der Waals surface area contributed by atoms with Crippen molar-refractivity contribution in [3.05, 3.63) is 29.3 Å². The standard InChI is InChI=1S/C18H24N2O2/c1-11-9-18-15-4-3-13(22-2)7-12(15)5-6-20(18)17(21)8-16(18)14(11)10-19/h3-4,7,11,14,16H,5-6,8-10,19H2,1-2H3/t11-,14+,16-,18-/m0/s1. The van der Waals surface area contributed by atoms with Crippen LogP contribution in [0.15, 0.2) is 18.2 Å². The predicted octanol–water partition coefficient (Wildman–Crippen LogP) is 1.91. The number of carbonyl (C=O) groups excluding carboxylic acids is 1. The summed E-state index contributed by atoms with van der Waals surface area (Å²) in [7, 11) is 1.71. The van der Waals surface area contributed by atoms with Crippen molar-refractivity contribution in [3.8, 4) is 5.75 Å². The fourth-order valence-corrected chi connectivity index (χ4v) is 5.43. The number of fused-ring (bicyclic) bond motifs is 1. The van der Waals surface area contributed by atoms with Crippen LogP contribution in [0.1, 0.15) is 30.9 Å². The number of nitrogens with two attached hydrogens (primary N) is 1. The van der Waals surface area contributed by atoms with E-state index in [0.717, 1.165) is 25.1 Å². The molecule has 2 aliphatic heterocycles. The van der Waals surface area contributed by atoms with Crippen LogP contribution < -0.4 is 10.5 Å². The zero-order valence-electron chi connectivity index (χ0n) is 13.3. The maximum absolute atomic E-state index is 12.6. The Hall–Kier alpha value is -1.55. The maximum Gasteiger partial charge on any atom is 0.223 e. The average Bonchev–Trinajstić information content (AvgIpc) is 2.94. The van der Waals surface area contributed by atoms with Crippen molar-refractivity contribution in [2.75, 3.05) is 20.2 Å². The number of amides is 1. The molecule has 0 radical (unpaired) electrons. The first-order chi connectivity index (χ1) is 10.6. The Bertz CT molecular complexity index is 630. The third-order valence-electron chi connectivity index (χ3n) is 6.33. The Kier molecular flexibility index (Phi) is 3.02. The molecule has 2 N–H and O–H groups in total. The maximum atomic E-state index is 12.6. The normalized spacial score (nSPS) is 36.0. The summed E-state index contributed by atoms with van der Waals surface area (Å²) in [6, 6.07) is 6.39. The lowest BCUT2D eigenvalue weighted by atomic mass is 9.74. The van der Waals surface area contributed by atoms with E-state index in [0.29, 0.717) is 36.6 Å². The summed E-state index contributed by atoms with van der Waals surface area (Å²) in [5, 5.41) is 0. The van der Waals surface area contributed by atoms with Gasteiger partial charge in [0.15, 0.2) is 0 Å². The molecule has 1 spiro atoms. The summed E-state index contributed by atoms with van der Waals surface area (Å²) in [4.78, 5) is 14.7. The monoisotopic (exact) mass is 300 g/mol. The molecule has 2 heterocycles. The van der Waals surface area contributed by atoms with E-state index in [1.54, 1.807) is 7.11 Å². The van der Waals surface area contributed by atoms with Crippen molar-refractivity contribution in [1.82, 2.24) is 4.90 Å².